The minimum Gasteiger partial charge on any atom is -0.393 e. The number of amides is 1. The first-order valence-corrected chi connectivity index (χ1v) is 8.44. The second-order valence-electron chi connectivity index (χ2n) is 6.63. The lowest BCUT2D eigenvalue weighted by Crippen LogP contribution is -2.53. The van der Waals surface area contributed by atoms with Gasteiger partial charge in [-0.15, -0.1) is 12.4 Å². The number of hydrogen-bond acceptors (Lipinski definition) is 3. The van der Waals surface area contributed by atoms with E-state index in [2.05, 4.69) is 10.6 Å². The van der Waals surface area contributed by atoms with Gasteiger partial charge in [0.2, 0.25) is 0 Å². The van der Waals surface area contributed by atoms with Crippen molar-refractivity contribution in [1.82, 2.24) is 15.2 Å². The summed E-state index contributed by atoms with van der Waals surface area (Å²) in [5.41, 5.74) is 0.587. The molecule has 2 fully saturated rings. The molecule has 2 heterocycles. The number of nitrogens with one attached hydrogen (secondary N) is 2. The average molecular weight is 362 g/mol. The van der Waals surface area contributed by atoms with Crippen LogP contribution in [0.1, 0.15) is 36.2 Å². The fourth-order valence-corrected chi connectivity index (χ4v) is 3.97. The number of hydrogen-bond donors (Lipinski definition) is 3. The number of carbonyl (C=O) groups excluding carboxylic acids is 1. The van der Waals surface area contributed by atoms with Gasteiger partial charge in [-0.05, 0) is 56.7 Å². The number of aryl methyl sites for hydroxylation is 1. The van der Waals surface area contributed by atoms with Gasteiger partial charge in [0.1, 0.15) is 5.69 Å². The van der Waals surface area contributed by atoms with Crippen molar-refractivity contribution in [3.8, 4) is 0 Å². The first-order chi connectivity index (χ1) is 10.5. The van der Waals surface area contributed by atoms with E-state index in [0.717, 1.165) is 38.8 Å². The van der Waals surface area contributed by atoms with Gasteiger partial charge >= 0.3 is 0 Å². The first kappa shape index (κ1) is 18.6. The molecular formula is C16H25Cl2N3O2. The van der Waals surface area contributed by atoms with Crippen LogP contribution in [0.4, 0.5) is 0 Å². The van der Waals surface area contributed by atoms with Crippen molar-refractivity contribution in [2.24, 2.45) is 18.9 Å². The van der Waals surface area contributed by atoms with Gasteiger partial charge in [-0.3, -0.25) is 4.79 Å². The minimum atomic E-state index is -0.199. The maximum Gasteiger partial charge on any atom is 0.268 e. The number of piperidine rings is 1. The van der Waals surface area contributed by atoms with E-state index in [1.54, 1.807) is 16.8 Å². The molecule has 1 saturated heterocycles. The molecular weight excluding hydrogens is 337 g/mol. The SMILES string of the molecule is Cl.Cn1cc(Cl)cc1C(=O)NC(C1CCNCC1)C1CC(O)C1. The highest BCUT2D eigenvalue weighted by molar-refractivity contribution is 6.31. The van der Waals surface area contributed by atoms with E-state index in [0.29, 0.717) is 22.6 Å². The molecule has 0 radical (unpaired) electrons. The molecule has 1 amide bonds. The standard InChI is InChI=1S/C16H24ClN3O2.ClH/c1-20-9-12(17)8-14(20)16(22)19-15(11-6-13(21)7-11)10-2-4-18-5-3-10;/h8-11,13,15,18,21H,2-7H2,1H3,(H,19,22);1H. The normalized spacial score (nSPS) is 26.0. The van der Waals surface area contributed by atoms with Crippen LogP contribution in [0.5, 0.6) is 0 Å². The Hall–Kier alpha value is -0.750. The van der Waals surface area contributed by atoms with E-state index in [1.165, 1.54) is 0 Å². The Labute approximate surface area is 148 Å². The molecule has 1 saturated carbocycles. The Morgan fingerprint density at radius 2 is 2.04 bits per heavy atom. The Bertz CT molecular complexity index is 537. The van der Waals surface area contributed by atoms with Crippen molar-refractivity contribution in [3.05, 3.63) is 23.0 Å². The fraction of sp³-hybridized carbons (Fsp3) is 0.688. The smallest absolute Gasteiger partial charge is 0.268 e. The van der Waals surface area contributed by atoms with Gasteiger partial charge < -0.3 is 20.3 Å². The van der Waals surface area contributed by atoms with Crippen molar-refractivity contribution >= 4 is 29.9 Å². The van der Waals surface area contributed by atoms with E-state index in [4.69, 9.17) is 11.6 Å². The summed E-state index contributed by atoms with van der Waals surface area (Å²) in [6, 6.07) is 1.85. The van der Waals surface area contributed by atoms with E-state index < -0.39 is 0 Å². The summed E-state index contributed by atoms with van der Waals surface area (Å²) in [6.07, 6.45) is 5.28. The first-order valence-electron chi connectivity index (χ1n) is 8.06. The number of aliphatic hydroxyl groups is 1. The zero-order valence-corrected chi connectivity index (χ0v) is 14.9. The van der Waals surface area contributed by atoms with Crippen molar-refractivity contribution in [1.29, 1.82) is 0 Å². The van der Waals surface area contributed by atoms with Crippen LogP contribution in [0.2, 0.25) is 5.02 Å². The summed E-state index contributed by atoms with van der Waals surface area (Å²) in [4.78, 5) is 12.6. The summed E-state index contributed by atoms with van der Waals surface area (Å²) < 4.78 is 1.76. The van der Waals surface area contributed by atoms with Crippen LogP contribution in [0.25, 0.3) is 0 Å². The molecule has 0 spiro atoms. The molecule has 0 aromatic carbocycles. The van der Waals surface area contributed by atoms with Crippen molar-refractivity contribution < 1.29 is 9.90 Å². The van der Waals surface area contributed by atoms with E-state index in [9.17, 15) is 9.90 Å². The fourth-order valence-electron chi connectivity index (χ4n) is 3.72. The van der Waals surface area contributed by atoms with Crippen LogP contribution in [-0.2, 0) is 7.05 Å². The molecule has 23 heavy (non-hydrogen) atoms. The second kappa shape index (κ2) is 7.88. The van der Waals surface area contributed by atoms with Gasteiger partial charge in [0.05, 0.1) is 11.1 Å². The molecule has 1 aromatic heterocycles. The number of halogens is 2. The predicted molar refractivity (Wildman–Crippen MR) is 93.2 cm³/mol. The maximum atomic E-state index is 12.6. The lowest BCUT2D eigenvalue weighted by molar-refractivity contribution is 0.00909. The highest BCUT2D eigenvalue weighted by atomic mass is 35.5. The molecule has 3 rings (SSSR count). The Morgan fingerprint density at radius 3 is 2.57 bits per heavy atom. The zero-order valence-electron chi connectivity index (χ0n) is 13.3. The molecule has 1 aromatic rings. The average Bonchev–Trinajstić information content (AvgIpc) is 2.81. The minimum absolute atomic E-state index is 0. The summed E-state index contributed by atoms with van der Waals surface area (Å²) in [5.74, 6) is 0.801. The van der Waals surface area contributed by atoms with Crippen molar-refractivity contribution in [2.45, 2.75) is 37.8 Å². The topological polar surface area (TPSA) is 66.3 Å². The molecule has 0 bridgehead atoms. The summed E-state index contributed by atoms with van der Waals surface area (Å²) in [6.45, 7) is 2.00. The quantitative estimate of drug-likeness (QED) is 0.767. The van der Waals surface area contributed by atoms with Gasteiger partial charge in [-0.25, -0.2) is 0 Å². The molecule has 130 valence electrons. The maximum absolute atomic E-state index is 12.6. The van der Waals surface area contributed by atoms with Crippen LogP contribution < -0.4 is 10.6 Å². The lowest BCUT2D eigenvalue weighted by Gasteiger charge is -2.43. The molecule has 5 nitrogen and oxygen atoms in total. The van der Waals surface area contributed by atoms with Crippen LogP contribution in [-0.4, -0.2) is 40.8 Å². The number of carbonyl (C=O) groups is 1. The Balaban J connectivity index is 0.00000192. The summed E-state index contributed by atoms with van der Waals surface area (Å²) >= 11 is 5.97. The van der Waals surface area contributed by atoms with Crippen LogP contribution in [0.15, 0.2) is 12.3 Å². The highest BCUT2D eigenvalue weighted by Gasteiger charge is 2.39. The molecule has 1 aliphatic heterocycles. The summed E-state index contributed by atoms with van der Waals surface area (Å²) in [5, 5.41) is 16.8. The van der Waals surface area contributed by atoms with Crippen LogP contribution >= 0.6 is 24.0 Å². The Kier molecular flexibility index (Phi) is 6.37. The van der Waals surface area contributed by atoms with Gasteiger partial charge in [0, 0.05) is 19.3 Å². The van der Waals surface area contributed by atoms with Gasteiger partial charge in [0.25, 0.3) is 5.91 Å². The second-order valence-corrected chi connectivity index (χ2v) is 7.06. The monoisotopic (exact) mass is 361 g/mol. The Morgan fingerprint density at radius 1 is 1.39 bits per heavy atom. The number of rotatable bonds is 4. The molecule has 3 N–H and O–H groups in total. The predicted octanol–water partition coefficient (Wildman–Crippen LogP) is 1.97. The molecule has 1 atom stereocenters. The van der Waals surface area contributed by atoms with Crippen LogP contribution in [0, 0.1) is 11.8 Å². The zero-order chi connectivity index (χ0) is 15.7. The summed E-state index contributed by atoms with van der Waals surface area (Å²) in [7, 11) is 1.83. The van der Waals surface area contributed by atoms with Gasteiger partial charge in [-0.1, -0.05) is 11.6 Å². The van der Waals surface area contributed by atoms with Crippen LogP contribution in [0.3, 0.4) is 0 Å². The molecule has 1 unspecified atom stereocenters. The lowest BCUT2D eigenvalue weighted by atomic mass is 9.71. The third kappa shape index (κ3) is 4.21. The van der Waals surface area contributed by atoms with Gasteiger partial charge in [-0.2, -0.15) is 0 Å². The number of nitrogens with zero attached hydrogens (tertiary/aromatic N) is 1. The van der Waals surface area contributed by atoms with Crippen molar-refractivity contribution in [3.63, 3.8) is 0 Å². The van der Waals surface area contributed by atoms with Gasteiger partial charge in [0.15, 0.2) is 0 Å². The molecule has 7 heteroatoms. The molecule has 1 aliphatic carbocycles. The molecule has 2 aliphatic rings. The van der Waals surface area contributed by atoms with E-state index >= 15 is 0 Å². The van der Waals surface area contributed by atoms with E-state index in [-0.39, 0.29) is 30.5 Å². The third-order valence-electron chi connectivity index (χ3n) is 5.05. The number of aromatic nitrogens is 1. The van der Waals surface area contributed by atoms with E-state index in [1.807, 2.05) is 7.05 Å². The highest BCUT2D eigenvalue weighted by Crippen LogP contribution is 2.36. The largest absolute Gasteiger partial charge is 0.393 e. The third-order valence-corrected chi connectivity index (χ3v) is 5.26. The van der Waals surface area contributed by atoms with Crippen molar-refractivity contribution in [2.75, 3.05) is 13.1 Å². The number of aliphatic hydroxyl groups excluding tert-OH is 1.